The van der Waals surface area contributed by atoms with Gasteiger partial charge in [0.2, 0.25) is 0 Å². The van der Waals surface area contributed by atoms with Crippen molar-refractivity contribution in [3.63, 3.8) is 0 Å². The van der Waals surface area contributed by atoms with Gasteiger partial charge in [0, 0.05) is 17.6 Å². The first-order valence-corrected chi connectivity index (χ1v) is 6.13. The summed E-state index contributed by atoms with van der Waals surface area (Å²) in [4.78, 5) is 0. The summed E-state index contributed by atoms with van der Waals surface area (Å²) in [7, 11) is 0. The topological polar surface area (TPSA) is 49.7 Å². The van der Waals surface area contributed by atoms with Crippen LogP contribution in [0.3, 0.4) is 0 Å². The number of rotatable bonds is 8. The molecule has 0 radical (unpaired) electrons. The summed E-state index contributed by atoms with van der Waals surface area (Å²) in [5.41, 5.74) is 0. The lowest BCUT2D eigenvalue weighted by atomic mass is 10.3. The molecule has 2 N–H and O–H groups in total. The number of aliphatic hydroxyl groups is 2. The third-order valence-electron chi connectivity index (χ3n) is 1.73. The number of hydrogen-bond acceptors (Lipinski definition) is 4. The SMILES string of the molecule is CC(C)OCC(O)CSC(C)CCO. The normalized spacial score (nSPS) is 15.9. The Labute approximate surface area is 90.8 Å². The number of aliphatic hydroxyl groups excluding tert-OH is 2. The van der Waals surface area contributed by atoms with Gasteiger partial charge < -0.3 is 14.9 Å². The van der Waals surface area contributed by atoms with E-state index in [0.717, 1.165) is 6.42 Å². The van der Waals surface area contributed by atoms with Gasteiger partial charge in [-0.3, -0.25) is 0 Å². The third-order valence-corrected chi connectivity index (χ3v) is 3.11. The Morgan fingerprint density at radius 1 is 1.29 bits per heavy atom. The molecule has 0 amide bonds. The van der Waals surface area contributed by atoms with E-state index in [2.05, 4.69) is 6.92 Å². The van der Waals surface area contributed by atoms with Crippen LogP contribution >= 0.6 is 11.8 Å². The third kappa shape index (κ3) is 8.81. The van der Waals surface area contributed by atoms with Crippen LogP contribution < -0.4 is 0 Å². The summed E-state index contributed by atoms with van der Waals surface area (Å²) >= 11 is 1.67. The Kier molecular flexibility index (Phi) is 8.67. The first-order valence-electron chi connectivity index (χ1n) is 5.08. The van der Waals surface area contributed by atoms with Crippen LogP contribution in [0.25, 0.3) is 0 Å². The minimum atomic E-state index is -0.399. The fourth-order valence-corrected chi connectivity index (χ4v) is 1.81. The second-order valence-corrected chi connectivity index (χ2v) is 5.16. The highest BCUT2D eigenvalue weighted by Crippen LogP contribution is 2.14. The molecule has 3 nitrogen and oxygen atoms in total. The standard InChI is InChI=1S/C10H22O3S/c1-8(2)13-6-10(12)7-14-9(3)4-5-11/h8-12H,4-7H2,1-3H3. The molecule has 2 unspecified atom stereocenters. The molecule has 0 aliphatic rings. The monoisotopic (exact) mass is 222 g/mol. The van der Waals surface area contributed by atoms with Gasteiger partial charge in [0.25, 0.3) is 0 Å². The summed E-state index contributed by atoms with van der Waals surface area (Å²) < 4.78 is 5.28. The maximum atomic E-state index is 9.51. The van der Waals surface area contributed by atoms with E-state index < -0.39 is 6.10 Å². The summed E-state index contributed by atoms with van der Waals surface area (Å²) in [6.45, 7) is 6.57. The lowest BCUT2D eigenvalue weighted by Crippen LogP contribution is -2.21. The molecule has 0 aromatic carbocycles. The van der Waals surface area contributed by atoms with Crippen LogP contribution in [-0.2, 0) is 4.74 Å². The zero-order valence-electron chi connectivity index (χ0n) is 9.27. The maximum absolute atomic E-state index is 9.51. The van der Waals surface area contributed by atoms with E-state index in [-0.39, 0.29) is 12.7 Å². The molecule has 0 saturated carbocycles. The van der Waals surface area contributed by atoms with Crippen molar-refractivity contribution >= 4 is 11.8 Å². The van der Waals surface area contributed by atoms with Crippen molar-refractivity contribution in [3.8, 4) is 0 Å². The average Bonchev–Trinajstić information content (AvgIpc) is 2.12. The number of ether oxygens (including phenoxy) is 1. The van der Waals surface area contributed by atoms with Gasteiger partial charge in [0.05, 0.1) is 18.8 Å². The quantitative estimate of drug-likeness (QED) is 0.649. The van der Waals surface area contributed by atoms with Gasteiger partial charge >= 0.3 is 0 Å². The molecule has 0 aromatic rings. The minimum Gasteiger partial charge on any atom is -0.396 e. The van der Waals surface area contributed by atoms with Crippen LogP contribution in [0.15, 0.2) is 0 Å². The Morgan fingerprint density at radius 3 is 2.43 bits per heavy atom. The molecule has 0 bridgehead atoms. The Hall–Kier alpha value is 0.230. The van der Waals surface area contributed by atoms with Gasteiger partial charge in [-0.25, -0.2) is 0 Å². The highest BCUT2D eigenvalue weighted by molar-refractivity contribution is 7.99. The van der Waals surface area contributed by atoms with Crippen molar-refractivity contribution in [2.75, 3.05) is 19.0 Å². The molecule has 14 heavy (non-hydrogen) atoms. The van der Waals surface area contributed by atoms with Crippen molar-refractivity contribution in [1.29, 1.82) is 0 Å². The first kappa shape index (κ1) is 14.2. The van der Waals surface area contributed by atoms with Gasteiger partial charge in [-0.05, 0) is 20.3 Å². The van der Waals surface area contributed by atoms with Gasteiger partial charge in [-0.1, -0.05) is 6.92 Å². The van der Waals surface area contributed by atoms with E-state index in [4.69, 9.17) is 9.84 Å². The molecule has 4 heteroatoms. The number of hydrogen-bond donors (Lipinski definition) is 2. The summed E-state index contributed by atoms with van der Waals surface area (Å²) in [6, 6.07) is 0. The Bertz CT molecular complexity index is 131. The summed E-state index contributed by atoms with van der Waals surface area (Å²) in [5.74, 6) is 0.674. The smallest absolute Gasteiger partial charge is 0.0864 e. The van der Waals surface area contributed by atoms with E-state index in [1.165, 1.54) is 0 Å². The van der Waals surface area contributed by atoms with Crippen molar-refractivity contribution < 1.29 is 14.9 Å². The van der Waals surface area contributed by atoms with Gasteiger partial charge in [0.15, 0.2) is 0 Å². The van der Waals surface area contributed by atoms with Gasteiger partial charge in [-0.15, -0.1) is 0 Å². The lowest BCUT2D eigenvalue weighted by molar-refractivity contribution is 0.0152. The van der Waals surface area contributed by atoms with Crippen molar-refractivity contribution in [2.45, 2.75) is 44.6 Å². The fourth-order valence-electron chi connectivity index (χ4n) is 0.892. The van der Waals surface area contributed by atoms with E-state index in [1.807, 2.05) is 13.8 Å². The largest absolute Gasteiger partial charge is 0.396 e. The van der Waals surface area contributed by atoms with Crippen LogP contribution in [0.4, 0.5) is 0 Å². The van der Waals surface area contributed by atoms with Gasteiger partial charge in [-0.2, -0.15) is 11.8 Å². The molecule has 0 heterocycles. The highest BCUT2D eigenvalue weighted by atomic mass is 32.2. The zero-order valence-corrected chi connectivity index (χ0v) is 10.1. The summed E-state index contributed by atoms with van der Waals surface area (Å²) in [6.07, 6.45) is 0.552. The Balaban J connectivity index is 3.38. The minimum absolute atomic E-state index is 0.171. The highest BCUT2D eigenvalue weighted by Gasteiger charge is 2.08. The van der Waals surface area contributed by atoms with Crippen LogP contribution in [0.1, 0.15) is 27.2 Å². The lowest BCUT2D eigenvalue weighted by Gasteiger charge is -2.15. The Morgan fingerprint density at radius 2 is 1.93 bits per heavy atom. The van der Waals surface area contributed by atoms with E-state index in [1.54, 1.807) is 11.8 Å². The zero-order chi connectivity index (χ0) is 11.0. The molecule has 0 fully saturated rings. The second kappa shape index (κ2) is 8.53. The van der Waals surface area contributed by atoms with E-state index in [0.29, 0.717) is 17.6 Å². The first-order chi connectivity index (χ1) is 6.56. The van der Waals surface area contributed by atoms with Crippen LogP contribution in [0, 0.1) is 0 Å². The average molecular weight is 222 g/mol. The van der Waals surface area contributed by atoms with Crippen molar-refractivity contribution in [1.82, 2.24) is 0 Å². The molecule has 86 valence electrons. The molecule has 2 atom stereocenters. The van der Waals surface area contributed by atoms with Crippen LogP contribution in [0.2, 0.25) is 0 Å². The van der Waals surface area contributed by atoms with Crippen molar-refractivity contribution in [3.05, 3.63) is 0 Å². The molecular weight excluding hydrogens is 200 g/mol. The fraction of sp³-hybridized carbons (Fsp3) is 1.00. The molecular formula is C10H22O3S. The van der Waals surface area contributed by atoms with Crippen LogP contribution in [-0.4, -0.2) is 46.6 Å². The molecule has 0 spiro atoms. The van der Waals surface area contributed by atoms with Gasteiger partial charge in [0.1, 0.15) is 0 Å². The predicted octanol–water partition coefficient (Wildman–Crippen LogP) is 1.28. The summed E-state index contributed by atoms with van der Waals surface area (Å²) in [5, 5.41) is 18.6. The van der Waals surface area contributed by atoms with E-state index >= 15 is 0 Å². The molecule has 0 saturated heterocycles. The molecule has 0 aromatic heterocycles. The molecule has 0 aliphatic carbocycles. The molecule has 0 aliphatic heterocycles. The predicted molar refractivity (Wildman–Crippen MR) is 60.7 cm³/mol. The van der Waals surface area contributed by atoms with E-state index in [9.17, 15) is 5.11 Å². The van der Waals surface area contributed by atoms with Crippen molar-refractivity contribution in [2.24, 2.45) is 0 Å². The molecule has 0 rings (SSSR count). The van der Waals surface area contributed by atoms with Crippen LogP contribution in [0.5, 0.6) is 0 Å². The maximum Gasteiger partial charge on any atom is 0.0864 e. The number of thioether (sulfide) groups is 1. The second-order valence-electron chi connectivity index (χ2n) is 3.69.